The number of amides is 1. The molecule has 1 fully saturated rings. The molecule has 0 heterocycles. The number of hydrogen-bond donors (Lipinski definition) is 2. The first kappa shape index (κ1) is 31.1. The van der Waals surface area contributed by atoms with Gasteiger partial charge >= 0.3 is 19.9 Å². The molecule has 1 aliphatic carbocycles. The van der Waals surface area contributed by atoms with Crippen LogP contribution in [0.25, 0.3) is 11.1 Å². The second-order valence-corrected chi connectivity index (χ2v) is 11.6. The van der Waals surface area contributed by atoms with Crippen LogP contribution in [0.4, 0.5) is 26.3 Å². The first-order valence-corrected chi connectivity index (χ1v) is 14.0. The third-order valence-electron chi connectivity index (χ3n) is 6.32. The van der Waals surface area contributed by atoms with E-state index in [-0.39, 0.29) is 6.42 Å². The summed E-state index contributed by atoms with van der Waals surface area (Å²) in [7, 11) is -5.45. The van der Waals surface area contributed by atoms with E-state index in [9.17, 15) is 40.8 Å². The maximum Gasteiger partial charge on any atom is 0.412 e. The van der Waals surface area contributed by atoms with Crippen molar-refractivity contribution in [3.8, 4) is 11.1 Å². The van der Waals surface area contributed by atoms with Crippen LogP contribution in [0.2, 0.25) is 0 Å². The average molecular weight is 581 g/mol. The molecule has 0 spiro atoms. The highest BCUT2D eigenvalue weighted by atomic mass is 31.2. The van der Waals surface area contributed by atoms with Gasteiger partial charge in [0.2, 0.25) is 5.91 Å². The van der Waals surface area contributed by atoms with Gasteiger partial charge in [-0.1, -0.05) is 73.9 Å². The molecular formula is C26H30F6NO5P. The third-order valence-corrected chi connectivity index (χ3v) is 8.31. The van der Waals surface area contributed by atoms with E-state index in [0.717, 1.165) is 30.4 Å². The first-order chi connectivity index (χ1) is 18.3. The van der Waals surface area contributed by atoms with Crippen LogP contribution in [0.15, 0.2) is 54.6 Å². The number of aliphatic hydroxyl groups excluding tert-OH is 1. The summed E-state index contributed by atoms with van der Waals surface area (Å²) in [5.41, 5.74) is 2.20. The van der Waals surface area contributed by atoms with Crippen LogP contribution in [0.3, 0.4) is 0 Å². The average Bonchev–Trinajstić information content (AvgIpc) is 2.90. The van der Waals surface area contributed by atoms with Crippen LogP contribution in [0.5, 0.6) is 0 Å². The molecule has 216 valence electrons. The van der Waals surface area contributed by atoms with Gasteiger partial charge in [0.1, 0.15) is 0 Å². The van der Waals surface area contributed by atoms with Crippen molar-refractivity contribution < 1.29 is 49.9 Å². The molecule has 1 aliphatic rings. The van der Waals surface area contributed by atoms with Crippen molar-refractivity contribution >= 4 is 13.5 Å². The minimum Gasteiger partial charge on any atom is -0.379 e. The Balaban J connectivity index is 1.88. The molecule has 2 unspecified atom stereocenters. The van der Waals surface area contributed by atoms with Gasteiger partial charge in [0.05, 0.1) is 6.04 Å². The van der Waals surface area contributed by atoms with Crippen molar-refractivity contribution in [3.05, 3.63) is 60.2 Å². The Labute approximate surface area is 222 Å². The maximum atomic E-state index is 13.2. The molecule has 13 heteroatoms. The van der Waals surface area contributed by atoms with Crippen LogP contribution in [0, 0.1) is 5.92 Å². The van der Waals surface area contributed by atoms with E-state index >= 15 is 0 Å². The summed E-state index contributed by atoms with van der Waals surface area (Å²) >= 11 is 0. The summed E-state index contributed by atoms with van der Waals surface area (Å²) in [4.78, 5) is 12.9. The van der Waals surface area contributed by atoms with E-state index in [2.05, 4.69) is 14.4 Å². The van der Waals surface area contributed by atoms with Crippen LogP contribution >= 0.6 is 7.60 Å². The maximum absolute atomic E-state index is 13.2. The van der Waals surface area contributed by atoms with Gasteiger partial charge in [0, 0.05) is 5.92 Å². The number of halogens is 6. The number of hydrogen-bond acceptors (Lipinski definition) is 5. The summed E-state index contributed by atoms with van der Waals surface area (Å²) in [6.45, 7) is -4.43. The molecule has 3 rings (SSSR count). The van der Waals surface area contributed by atoms with Gasteiger partial charge in [-0.3, -0.25) is 18.4 Å². The molecular weight excluding hydrogens is 551 g/mol. The number of benzene rings is 2. The Kier molecular flexibility index (Phi) is 10.6. The molecule has 0 radical (unpaired) electrons. The van der Waals surface area contributed by atoms with E-state index in [0.29, 0.717) is 18.4 Å². The zero-order valence-corrected chi connectivity index (χ0v) is 21.8. The van der Waals surface area contributed by atoms with Crippen molar-refractivity contribution in [2.45, 2.75) is 62.8 Å². The van der Waals surface area contributed by atoms with Gasteiger partial charge in [-0.25, -0.2) is 0 Å². The van der Waals surface area contributed by atoms with Crippen LogP contribution in [-0.2, 0) is 24.8 Å². The second-order valence-electron chi connectivity index (χ2n) is 9.45. The number of carbonyl (C=O) groups excluding carboxylic acids is 1. The summed E-state index contributed by atoms with van der Waals surface area (Å²) in [6.07, 6.45) is -6.85. The SMILES string of the molecule is O=C(NC(Cc1ccc(-c2ccccc2)cc1)C(O)P(=O)(OCC(F)(F)F)OCC(F)(F)F)C1CCCCC1. The standard InChI is InChI=1S/C26H30F6NO5P/c27-25(28,29)16-37-39(36,38-17-26(30,31)32)24(35)22(33-23(34)21-9-5-2-6-10-21)15-18-11-13-20(14-12-18)19-7-3-1-4-8-19/h1,3-4,7-8,11-14,21-22,24,35H,2,5-6,9-10,15-17H2,(H,33,34). The third kappa shape index (κ3) is 9.94. The monoisotopic (exact) mass is 581 g/mol. The number of alkyl halides is 6. The number of nitrogens with one attached hydrogen (secondary N) is 1. The normalized spacial score (nSPS) is 17.0. The fourth-order valence-corrected chi connectivity index (χ4v) is 6.00. The Morgan fingerprint density at radius 3 is 1.90 bits per heavy atom. The summed E-state index contributed by atoms with van der Waals surface area (Å²) < 4.78 is 98.7. The van der Waals surface area contributed by atoms with Gasteiger partial charge in [-0.2, -0.15) is 26.3 Å². The highest BCUT2D eigenvalue weighted by Gasteiger charge is 2.46. The van der Waals surface area contributed by atoms with Crippen LogP contribution < -0.4 is 5.32 Å². The number of rotatable bonds is 11. The molecule has 39 heavy (non-hydrogen) atoms. The Bertz CT molecular complexity index is 1080. The van der Waals surface area contributed by atoms with E-state index < -0.39 is 56.9 Å². The largest absolute Gasteiger partial charge is 0.412 e. The number of aliphatic hydroxyl groups is 1. The highest BCUT2D eigenvalue weighted by Crippen LogP contribution is 2.55. The van der Waals surface area contributed by atoms with Crippen molar-refractivity contribution in [1.82, 2.24) is 5.32 Å². The molecule has 0 aliphatic heterocycles. The van der Waals surface area contributed by atoms with Gasteiger partial charge in [-0.15, -0.1) is 0 Å². The molecule has 2 aromatic rings. The molecule has 2 N–H and O–H groups in total. The van der Waals surface area contributed by atoms with Crippen LogP contribution in [0.1, 0.15) is 37.7 Å². The molecule has 1 amide bonds. The van der Waals surface area contributed by atoms with Crippen molar-refractivity contribution in [1.29, 1.82) is 0 Å². The molecule has 1 saturated carbocycles. The van der Waals surface area contributed by atoms with E-state index in [1.807, 2.05) is 30.3 Å². The topological polar surface area (TPSA) is 84.9 Å². The summed E-state index contributed by atoms with van der Waals surface area (Å²) in [5.74, 6) is -3.51. The Morgan fingerprint density at radius 1 is 0.872 bits per heavy atom. The molecule has 6 nitrogen and oxygen atoms in total. The van der Waals surface area contributed by atoms with E-state index in [1.165, 1.54) is 0 Å². The second kappa shape index (κ2) is 13.3. The van der Waals surface area contributed by atoms with Crippen LogP contribution in [-0.4, -0.2) is 48.5 Å². The Morgan fingerprint density at radius 2 is 1.38 bits per heavy atom. The first-order valence-electron chi connectivity index (χ1n) is 12.4. The zero-order valence-electron chi connectivity index (χ0n) is 20.9. The molecule has 0 saturated heterocycles. The molecule has 2 aromatic carbocycles. The highest BCUT2D eigenvalue weighted by molar-refractivity contribution is 7.54. The van der Waals surface area contributed by atoms with Crippen molar-refractivity contribution in [2.75, 3.05) is 13.2 Å². The summed E-state index contributed by atoms with van der Waals surface area (Å²) in [5, 5.41) is 13.4. The quantitative estimate of drug-likeness (QED) is 0.230. The zero-order chi connectivity index (χ0) is 28.7. The Hall–Kier alpha value is -2.40. The predicted octanol–water partition coefficient (Wildman–Crippen LogP) is 6.63. The molecule has 2 atom stereocenters. The fraction of sp³-hybridized carbons (Fsp3) is 0.500. The smallest absolute Gasteiger partial charge is 0.379 e. The van der Waals surface area contributed by atoms with Crippen molar-refractivity contribution in [3.63, 3.8) is 0 Å². The van der Waals surface area contributed by atoms with Gasteiger partial charge < -0.3 is 10.4 Å². The van der Waals surface area contributed by atoms with E-state index in [4.69, 9.17) is 0 Å². The lowest BCUT2D eigenvalue weighted by molar-refractivity contribution is -0.167. The lowest BCUT2D eigenvalue weighted by Crippen LogP contribution is -2.48. The molecule has 0 bridgehead atoms. The predicted molar refractivity (Wildman–Crippen MR) is 132 cm³/mol. The molecule has 0 aromatic heterocycles. The van der Waals surface area contributed by atoms with Gasteiger partial charge in [0.15, 0.2) is 19.1 Å². The fourth-order valence-electron chi connectivity index (χ4n) is 4.35. The minimum atomic E-state index is -5.45. The van der Waals surface area contributed by atoms with Gasteiger partial charge in [0.25, 0.3) is 0 Å². The number of carbonyl (C=O) groups is 1. The van der Waals surface area contributed by atoms with E-state index in [1.54, 1.807) is 24.3 Å². The van der Waals surface area contributed by atoms with Crippen molar-refractivity contribution in [2.24, 2.45) is 5.92 Å². The minimum absolute atomic E-state index is 0.260. The lowest BCUT2D eigenvalue weighted by atomic mass is 9.88. The summed E-state index contributed by atoms with van der Waals surface area (Å²) in [6, 6.07) is 14.4. The van der Waals surface area contributed by atoms with Gasteiger partial charge in [-0.05, 0) is 36.0 Å². The lowest BCUT2D eigenvalue weighted by Gasteiger charge is -2.32.